The van der Waals surface area contributed by atoms with Gasteiger partial charge in [0.1, 0.15) is 5.60 Å². The quantitative estimate of drug-likeness (QED) is 0.0341. The number of aromatic carboxylic acids is 1. The topological polar surface area (TPSA) is 102 Å². The van der Waals surface area contributed by atoms with Crippen LogP contribution in [-0.2, 0) is 4.74 Å². The lowest BCUT2D eigenvalue weighted by Crippen LogP contribution is -2.90. The minimum atomic E-state index is -1.23. The second kappa shape index (κ2) is 69.4. The highest BCUT2D eigenvalue weighted by Gasteiger charge is 2.59. The molecule has 0 saturated heterocycles. The van der Waals surface area contributed by atoms with Gasteiger partial charge in [-0.25, -0.2) is 37.7 Å². The highest BCUT2D eigenvalue weighted by atomic mass is 35.5. The van der Waals surface area contributed by atoms with Crippen molar-refractivity contribution < 1.29 is 32.6 Å². The Kier molecular flexibility index (Phi) is 73.4. The van der Waals surface area contributed by atoms with Crippen LogP contribution in [0.25, 0.3) is 0 Å². The molecule has 3 heterocycles. The molecule has 0 aliphatic heterocycles. The Morgan fingerprint density at radius 2 is 0.431 bits per heavy atom. The lowest BCUT2D eigenvalue weighted by molar-refractivity contribution is 0.00681. The maximum absolute atomic E-state index is 13.0. The summed E-state index contributed by atoms with van der Waals surface area (Å²) in [4.78, 5) is 32.1. The zero-order valence-electron chi connectivity index (χ0n) is 75.9. The average Bonchev–Trinajstić information content (AvgIpc) is 0.765. The summed E-state index contributed by atoms with van der Waals surface area (Å²) in [5.41, 5.74) is -0.0108. The van der Waals surface area contributed by atoms with E-state index in [1.165, 1.54) is 18.5 Å². The van der Waals surface area contributed by atoms with E-state index in [9.17, 15) is 22.8 Å². The predicted octanol–water partition coefficient (Wildman–Crippen LogP) is -34.7. The molecule has 115 heteroatoms. The Morgan fingerprint density at radius 3 is 0.591 bits per heavy atom. The molecule has 137 heavy (non-hydrogen) atoms. The van der Waals surface area contributed by atoms with Gasteiger partial charge in [-0.1, -0.05) is 48.9 Å². The lowest BCUT2D eigenvalue weighted by atomic mass is 8.29. The number of carboxylic acids is 1. The van der Waals surface area contributed by atoms with Crippen molar-refractivity contribution in [2.45, 2.75) is 33.3 Å². The summed E-state index contributed by atoms with van der Waals surface area (Å²) in [6.07, 6.45) is -39.5. The monoisotopic (exact) mass is 1680 g/mol. The molecule has 0 saturated carbocycles. The molecular weight excluding hydrogens is 1640 g/mol. The molecule has 0 aliphatic carbocycles. The predicted molar refractivity (Wildman–Crippen MR) is 724 cm³/mol. The van der Waals surface area contributed by atoms with Crippen LogP contribution in [0.4, 0.5) is 13.2 Å². The van der Waals surface area contributed by atoms with Crippen molar-refractivity contribution in [3.63, 3.8) is 0 Å². The second-order valence-corrected chi connectivity index (χ2v) is 35.4. The van der Waals surface area contributed by atoms with E-state index < -0.39 is 330 Å². The number of esters is 1. The molecule has 102 radical (unpaired) electrons. The number of carboxylic acid groups (broad SMARTS) is 1. The minimum Gasteiger partial charge on any atom is -0.478 e. The van der Waals surface area contributed by atoms with Crippen molar-refractivity contribution >= 4 is 771 Å². The van der Waals surface area contributed by atoms with Crippen LogP contribution in [0.2, 0.25) is 15.5 Å². The first-order valence-electron chi connectivity index (χ1n) is 41.5. The molecule has 0 fully saturated rings. The summed E-state index contributed by atoms with van der Waals surface area (Å²) in [5.74, 6) is -3.87. The third-order valence-corrected chi connectivity index (χ3v) is 23.6. The van der Waals surface area contributed by atoms with Gasteiger partial charge in [0.25, 0.3) is 0 Å². The molecule has 0 atom stereocenters. The third kappa shape index (κ3) is 47.7. The number of pyridine rings is 3. The Balaban J connectivity index is -0.00000166. The minimum absolute atomic E-state index is 0.0480. The first kappa shape index (κ1) is 145. The Hall–Kier alpha value is 3.67. The van der Waals surface area contributed by atoms with Crippen molar-refractivity contribution in [2.24, 2.45) is 0 Å². The molecule has 3 aromatic rings. The Bertz CT molecular complexity index is 3410. The van der Waals surface area contributed by atoms with E-state index in [1.54, 1.807) is 27.7 Å². The molecule has 0 spiro atoms. The highest BCUT2D eigenvalue weighted by molar-refractivity contribution is 8.34. The summed E-state index contributed by atoms with van der Waals surface area (Å²) < 4.78 is 42.9. The van der Waals surface area contributed by atoms with Gasteiger partial charge in [-0.2, -0.15) is 0 Å². The van der Waals surface area contributed by atoms with Gasteiger partial charge in [0, 0.05) is 260 Å². The van der Waals surface area contributed by atoms with Gasteiger partial charge < -0.3 is 9.84 Å². The standard InChI is InChI=1S/C10H11ClFNO2.C6H3ClFNO2.C6H5ClFN.B34H6.B34H3.B34/c1-10(2,3)15-9(14)6-4-7(12)8(11)13-5-6;7-5-4(8)1-3(2-9-5)6(10)11;1-4-2-5(8)6(7)9-3-4;3*1-19(2)28(20(3)4)32(27(17)18)34(31(25(13)14)26(15)16)33(29(21(5)6)22(7)8)30(23(9)10)24(11)12/h4-5H,1-3H3;1-2H,(H,10,11);2-3H,1H3;1-2H3;1H3;/q;;;-2;-1;. The van der Waals surface area contributed by atoms with Gasteiger partial charge in [-0.15, -0.1) is 21.9 Å². The number of ether oxygens (including phenoxy) is 1. The van der Waals surface area contributed by atoms with Crippen LogP contribution >= 0.6 is 34.8 Å². The van der Waals surface area contributed by atoms with Gasteiger partial charge in [-0.3, -0.25) is 6.39 Å². The lowest BCUT2D eigenvalue weighted by Gasteiger charge is -2.53. The zero-order valence-corrected chi connectivity index (χ0v) is 78.2. The van der Waals surface area contributed by atoms with Crippen LogP contribution < -0.4 is 0 Å². The number of aromatic nitrogens is 3. The highest BCUT2D eigenvalue weighted by Crippen LogP contribution is 2.23. The SMILES string of the molecule is CC(C)(C)OC(=O)c1cnc(Cl)c(F)c1.Cc1cnc(Cl)c(F)c1.O=C(O)c1cnc(Cl)c(F)c1.[B]B([B])B(B([B])[B])B(B(B([B])[B])B([B])[B])B(B(B([B])[B])B([B])[B])B(B([B])[B])B(B([B])[B])B([BH3-])[BH3-].[B]B([B])B(B([B])[B])B(B(B([B])[B])B([B])[B])B(B(B([B])[B])B([B])[B])B(B([B])[B])B(B([B])[B])B([B])[BH3-].[B]B([B])B(B([B])[B])B(B([B])[B])B(B(B([B])[B])B([B])[B])B(B(B([B])[B])B([B])[B])B(B([B])[B])B([B])[B]. The summed E-state index contributed by atoms with van der Waals surface area (Å²) >= 11 is 15.9. The number of carbonyl (C=O) groups excluding carboxylic acids is 1. The van der Waals surface area contributed by atoms with Crippen molar-refractivity contribution in [3.05, 3.63) is 86.4 Å². The van der Waals surface area contributed by atoms with E-state index in [0.29, 0.717) is 6.39 Å². The van der Waals surface area contributed by atoms with E-state index in [0.717, 1.165) is 23.9 Å². The molecule has 3 aromatic heterocycles. The number of hydrogen-bond acceptors (Lipinski definition) is 6. The number of aryl methyl sites for hydroxylation is 1. The molecule has 0 aliphatic rings. The van der Waals surface area contributed by atoms with E-state index in [2.05, 4.69) is 15.0 Å². The van der Waals surface area contributed by atoms with Gasteiger partial charge in [0.2, 0.25) is 0 Å². The molecule has 0 unspecified atom stereocenters. The van der Waals surface area contributed by atoms with E-state index in [4.69, 9.17) is 439 Å². The second-order valence-electron chi connectivity index (χ2n) is 34.3. The fourth-order valence-electron chi connectivity index (χ4n) is 17.3. The largest absolute Gasteiger partial charge is 0.478 e. The molecule has 0 bridgehead atoms. The first-order chi connectivity index (χ1) is 62.3. The summed E-state index contributed by atoms with van der Waals surface area (Å²) in [7, 11) is 314. The van der Waals surface area contributed by atoms with Crippen LogP contribution in [0.5, 0.6) is 0 Å². The maximum Gasteiger partial charge on any atom is 0.340 e. The zero-order chi connectivity index (χ0) is 109. The average molecular weight is 1660 g/mol. The van der Waals surface area contributed by atoms with Gasteiger partial charge in [0.15, 0.2) is 32.9 Å². The van der Waals surface area contributed by atoms with Gasteiger partial charge >= 0.3 is 11.9 Å². The van der Waals surface area contributed by atoms with Crippen LogP contribution in [0.1, 0.15) is 47.1 Å². The maximum atomic E-state index is 13.0. The molecule has 0 amide bonds. The summed E-state index contributed by atoms with van der Waals surface area (Å²) in [6.45, 7) is 6.94. The number of nitrogens with zero attached hydrogens (tertiary/aromatic N) is 3. The summed E-state index contributed by atoms with van der Waals surface area (Å²) in [5, 5.41) is 7.70. The van der Waals surface area contributed by atoms with Gasteiger partial charge in [0.05, 0.1) is 11.1 Å². The van der Waals surface area contributed by atoms with E-state index in [-0.39, 0.29) is 54.8 Å². The first-order valence-corrected chi connectivity index (χ1v) is 42.6. The molecular formula is C22H28B102Cl3F3N3O4-3. The van der Waals surface area contributed by atoms with Gasteiger partial charge in [-0.05, 0) is 492 Å². The molecule has 3 rings (SSSR count). The van der Waals surface area contributed by atoms with E-state index in [1.807, 2.05) is 0 Å². The number of carbonyl (C=O) groups is 2. The van der Waals surface area contributed by atoms with E-state index >= 15 is 0 Å². The van der Waals surface area contributed by atoms with Crippen molar-refractivity contribution in [2.75, 3.05) is 0 Å². The normalized spacial score (nSPS) is 9.76. The number of rotatable bonds is 47. The van der Waals surface area contributed by atoms with Crippen LogP contribution in [-0.4, -0.2) is 762 Å². The molecule has 1 N–H and O–H groups in total. The Labute approximate surface area is 928 Å². The van der Waals surface area contributed by atoms with Crippen molar-refractivity contribution in [3.8, 4) is 0 Å². The number of hydrogen-bond donors (Lipinski definition) is 1. The number of halogens is 6. The fraction of sp³-hybridized carbons (Fsp3) is 0.227. The van der Waals surface area contributed by atoms with Crippen molar-refractivity contribution in [1.82, 2.24) is 15.0 Å². The summed E-state index contributed by atoms with van der Waals surface area (Å²) in [6, 6.07) is 3.16. The fourth-order valence-corrected chi connectivity index (χ4v) is 17.6. The third-order valence-electron chi connectivity index (χ3n) is 22.7. The van der Waals surface area contributed by atoms with Crippen LogP contribution in [0.15, 0.2) is 36.8 Å². The smallest absolute Gasteiger partial charge is 0.340 e. The molecule has 7 nitrogen and oxygen atoms in total. The molecule has 0 aromatic carbocycles. The van der Waals surface area contributed by atoms with Crippen LogP contribution in [0, 0.1) is 24.4 Å². The van der Waals surface area contributed by atoms with Crippen molar-refractivity contribution in [1.29, 1.82) is 0 Å². The molecule has 506 valence electrons. The van der Waals surface area contributed by atoms with Crippen LogP contribution in [0.3, 0.4) is 0 Å². The Morgan fingerprint density at radius 1 is 0.270 bits per heavy atom.